The van der Waals surface area contributed by atoms with Gasteiger partial charge in [0.05, 0.1) is 0 Å². The Balaban J connectivity index is 2.19. The zero-order valence-corrected chi connectivity index (χ0v) is 13.5. The smallest absolute Gasteiger partial charge is 0.321 e. The second-order valence-electron chi connectivity index (χ2n) is 6.94. The van der Waals surface area contributed by atoms with Crippen LogP contribution >= 0.6 is 0 Å². The molecule has 0 bridgehead atoms. The van der Waals surface area contributed by atoms with Crippen molar-refractivity contribution >= 4 is 11.2 Å². The lowest BCUT2D eigenvalue weighted by molar-refractivity contribution is 0.343. The maximum Gasteiger partial charge on any atom is 0.327 e. The largest absolute Gasteiger partial charge is 0.327 e. The van der Waals surface area contributed by atoms with Crippen LogP contribution in [0.5, 0.6) is 0 Å². The van der Waals surface area contributed by atoms with E-state index in [1.807, 2.05) is 34.9 Å². The van der Waals surface area contributed by atoms with Gasteiger partial charge in [0, 0.05) is 13.0 Å². The monoisotopic (exact) mass is 312 g/mol. The number of H-pyrrole nitrogens is 2. The second kappa shape index (κ2) is 5.53. The molecule has 23 heavy (non-hydrogen) atoms. The Morgan fingerprint density at radius 1 is 1.09 bits per heavy atom. The third-order valence-electron chi connectivity index (χ3n) is 3.56. The van der Waals surface area contributed by atoms with Crippen molar-refractivity contribution in [1.29, 1.82) is 0 Å². The molecule has 1 aromatic carbocycles. The molecule has 0 radical (unpaired) electrons. The highest BCUT2D eigenvalue weighted by atomic mass is 16.2. The molecule has 0 saturated heterocycles. The van der Waals surface area contributed by atoms with E-state index in [1.54, 1.807) is 0 Å². The van der Waals surface area contributed by atoms with Crippen molar-refractivity contribution in [2.75, 3.05) is 0 Å². The first-order valence-electron chi connectivity index (χ1n) is 7.59. The van der Waals surface area contributed by atoms with E-state index in [0.717, 1.165) is 11.4 Å². The summed E-state index contributed by atoms with van der Waals surface area (Å²) >= 11 is 0. The van der Waals surface area contributed by atoms with Crippen LogP contribution in [0.2, 0.25) is 0 Å². The number of hydrogen-bond donors (Lipinski definition) is 2. The summed E-state index contributed by atoms with van der Waals surface area (Å²) in [5, 5.41) is 0. The lowest BCUT2D eigenvalue weighted by atomic mass is 9.96. The lowest BCUT2D eigenvalue weighted by Crippen LogP contribution is -2.25. The number of aromatic amines is 2. The molecule has 0 aliphatic rings. The molecule has 120 valence electrons. The second-order valence-corrected chi connectivity index (χ2v) is 6.94. The van der Waals surface area contributed by atoms with Gasteiger partial charge in [-0.15, -0.1) is 0 Å². The Morgan fingerprint density at radius 2 is 1.78 bits per heavy atom. The van der Waals surface area contributed by atoms with Gasteiger partial charge in [0.2, 0.25) is 0 Å². The molecule has 3 rings (SSSR count). The Labute approximate surface area is 133 Å². The predicted octanol–water partition coefficient (Wildman–Crippen LogP) is 2.05. The van der Waals surface area contributed by atoms with E-state index < -0.39 is 11.2 Å². The summed E-state index contributed by atoms with van der Waals surface area (Å²) in [7, 11) is 0. The quantitative estimate of drug-likeness (QED) is 0.776. The van der Waals surface area contributed by atoms with Crippen LogP contribution in [-0.2, 0) is 13.0 Å². The number of fused-ring (bicyclic) bond motifs is 1. The van der Waals surface area contributed by atoms with Crippen LogP contribution in [0.3, 0.4) is 0 Å². The van der Waals surface area contributed by atoms with Crippen LogP contribution in [-0.4, -0.2) is 19.5 Å². The molecule has 0 atom stereocenters. The van der Waals surface area contributed by atoms with Crippen LogP contribution < -0.4 is 11.2 Å². The Bertz CT molecular complexity index is 943. The van der Waals surface area contributed by atoms with Crippen LogP contribution in [0.1, 0.15) is 32.2 Å². The molecule has 2 heterocycles. The molecule has 2 N–H and O–H groups in total. The van der Waals surface area contributed by atoms with Gasteiger partial charge in [0.15, 0.2) is 11.2 Å². The zero-order chi connectivity index (χ0) is 16.6. The molecule has 0 amide bonds. The summed E-state index contributed by atoms with van der Waals surface area (Å²) in [6, 6.07) is 9.95. The van der Waals surface area contributed by atoms with Crippen molar-refractivity contribution < 1.29 is 0 Å². The molecule has 6 heteroatoms. The van der Waals surface area contributed by atoms with Crippen LogP contribution in [0.4, 0.5) is 0 Å². The molecule has 3 aromatic rings. The van der Waals surface area contributed by atoms with Gasteiger partial charge in [0.25, 0.3) is 5.56 Å². The maximum atomic E-state index is 12.2. The zero-order valence-electron chi connectivity index (χ0n) is 13.5. The summed E-state index contributed by atoms with van der Waals surface area (Å²) < 4.78 is 1.91. The molecule has 0 fully saturated rings. The molecule has 0 unspecified atom stereocenters. The van der Waals surface area contributed by atoms with E-state index in [2.05, 4.69) is 35.7 Å². The Morgan fingerprint density at radius 3 is 2.43 bits per heavy atom. The minimum absolute atomic E-state index is 0.0261. The normalized spacial score (nSPS) is 12.0. The number of imidazole rings is 1. The molecule has 0 aliphatic heterocycles. The minimum atomic E-state index is -0.533. The number of aromatic nitrogens is 4. The third-order valence-corrected chi connectivity index (χ3v) is 3.56. The minimum Gasteiger partial charge on any atom is -0.321 e. The number of hydrogen-bond acceptors (Lipinski definition) is 3. The highest BCUT2D eigenvalue weighted by Gasteiger charge is 2.20. The molecular weight excluding hydrogens is 292 g/mol. The van der Waals surface area contributed by atoms with E-state index >= 15 is 0 Å². The van der Waals surface area contributed by atoms with Crippen LogP contribution in [0.25, 0.3) is 11.2 Å². The van der Waals surface area contributed by atoms with Gasteiger partial charge >= 0.3 is 5.69 Å². The van der Waals surface area contributed by atoms with E-state index in [4.69, 9.17) is 0 Å². The fourth-order valence-corrected chi connectivity index (χ4v) is 2.68. The average molecular weight is 312 g/mol. The van der Waals surface area contributed by atoms with E-state index in [-0.39, 0.29) is 5.41 Å². The molecular formula is C17H20N4O2. The van der Waals surface area contributed by atoms with Crippen molar-refractivity contribution in [3.05, 3.63) is 62.6 Å². The van der Waals surface area contributed by atoms with E-state index in [0.29, 0.717) is 24.1 Å². The number of benzene rings is 1. The highest BCUT2D eigenvalue weighted by Crippen LogP contribution is 2.21. The summed E-state index contributed by atoms with van der Waals surface area (Å²) in [6.07, 6.45) is 0.604. The predicted molar refractivity (Wildman–Crippen MR) is 89.7 cm³/mol. The number of nitrogens with zero attached hydrogens (tertiary/aromatic N) is 2. The first-order valence-corrected chi connectivity index (χ1v) is 7.59. The Kier molecular flexibility index (Phi) is 3.67. The summed E-state index contributed by atoms with van der Waals surface area (Å²) in [6.45, 7) is 6.95. The highest BCUT2D eigenvalue weighted by molar-refractivity contribution is 5.70. The first-order chi connectivity index (χ1) is 10.8. The number of nitrogens with one attached hydrogen (secondary N) is 2. The van der Waals surface area contributed by atoms with Crippen molar-refractivity contribution in [3.8, 4) is 0 Å². The fraction of sp³-hybridized carbons (Fsp3) is 0.353. The van der Waals surface area contributed by atoms with Gasteiger partial charge in [-0.25, -0.2) is 9.78 Å². The molecule has 0 saturated carbocycles. The Hall–Kier alpha value is -2.63. The third kappa shape index (κ3) is 3.26. The lowest BCUT2D eigenvalue weighted by Gasteiger charge is -2.21. The summed E-state index contributed by atoms with van der Waals surface area (Å²) in [4.78, 5) is 33.2. The van der Waals surface area contributed by atoms with E-state index in [9.17, 15) is 9.59 Å². The average Bonchev–Trinajstić information content (AvgIpc) is 2.75. The van der Waals surface area contributed by atoms with Gasteiger partial charge in [0.1, 0.15) is 5.82 Å². The van der Waals surface area contributed by atoms with Gasteiger partial charge in [-0.3, -0.25) is 14.8 Å². The van der Waals surface area contributed by atoms with Gasteiger partial charge < -0.3 is 4.57 Å². The molecule has 0 spiro atoms. The fourth-order valence-electron chi connectivity index (χ4n) is 2.68. The van der Waals surface area contributed by atoms with Gasteiger partial charge in [-0.05, 0) is 11.0 Å². The van der Waals surface area contributed by atoms with Gasteiger partial charge in [-0.1, -0.05) is 51.1 Å². The molecule has 2 aromatic heterocycles. The first kappa shape index (κ1) is 15.3. The summed E-state index contributed by atoms with van der Waals surface area (Å²) in [5.41, 5.74) is 0.909. The molecule has 6 nitrogen and oxygen atoms in total. The number of rotatable bonds is 3. The maximum absolute atomic E-state index is 12.2. The van der Waals surface area contributed by atoms with Crippen molar-refractivity contribution in [1.82, 2.24) is 19.5 Å². The van der Waals surface area contributed by atoms with Crippen LogP contribution in [0, 0.1) is 5.41 Å². The summed E-state index contributed by atoms with van der Waals surface area (Å²) in [5.74, 6) is 0.772. The van der Waals surface area contributed by atoms with Crippen molar-refractivity contribution in [3.63, 3.8) is 0 Å². The molecule has 0 aliphatic carbocycles. The standard InChI is InChI=1S/C17H20N4O2/c1-17(2,3)10-21-12(9-11-7-5-4-6-8-11)18-14-13(21)15(22)20-16(23)19-14/h4-8H,9-10H2,1-3H3,(H2,19,20,22,23). The van der Waals surface area contributed by atoms with Crippen molar-refractivity contribution in [2.24, 2.45) is 5.41 Å². The van der Waals surface area contributed by atoms with Crippen LogP contribution in [0.15, 0.2) is 39.9 Å². The van der Waals surface area contributed by atoms with Gasteiger partial charge in [-0.2, -0.15) is 0 Å². The SMILES string of the molecule is CC(C)(C)Cn1c(Cc2ccccc2)nc2[nH]c(=O)[nH]c(=O)c21. The topological polar surface area (TPSA) is 83.5 Å². The van der Waals surface area contributed by atoms with E-state index in [1.165, 1.54) is 0 Å². The van der Waals surface area contributed by atoms with Crippen molar-refractivity contribution in [2.45, 2.75) is 33.7 Å².